The lowest BCUT2D eigenvalue weighted by Gasteiger charge is -2.47. The molecule has 0 aromatic heterocycles. The summed E-state index contributed by atoms with van der Waals surface area (Å²) in [7, 11) is 0. The Bertz CT molecular complexity index is 222. The molecule has 0 aromatic carbocycles. The fourth-order valence-electron chi connectivity index (χ4n) is 1.76. The minimum absolute atomic E-state index is 0.0433. The van der Waals surface area contributed by atoms with E-state index in [1.54, 1.807) is 0 Å². The van der Waals surface area contributed by atoms with Gasteiger partial charge < -0.3 is 11.1 Å². The third kappa shape index (κ3) is 3.80. The van der Waals surface area contributed by atoms with E-state index in [2.05, 4.69) is 31.0 Å². The monoisotopic (exact) mass is 213 g/mol. The number of carbonyl (C=O) groups is 1. The number of nitrogens with one attached hydrogen (secondary N) is 1. The summed E-state index contributed by atoms with van der Waals surface area (Å²) in [5.41, 5.74) is 5.97. The number of rotatable bonds is 5. The summed E-state index contributed by atoms with van der Waals surface area (Å²) in [6.07, 6.45) is 0.983. The highest BCUT2D eigenvalue weighted by atomic mass is 16.2. The van der Waals surface area contributed by atoms with E-state index in [-0.39, 0.29) is 11.4 Å². The van der Waals surface area contributed by atoms with Gasteiger partial charge in [-0.05, 0) is 12.3 Å². The lowest BCUT2D eigenvalue weighted by Crippen LogP contribution is -2.68. The second-order valence-electron chi connectivity index (χ2n) is 5.06. The molecule has 1 aliphatic rings. The quantitative estimate of drug-likeness (QED) is 0.685. The largest absolute Gasteiger partial charge is 0.355 e. The highest BCUT2D eigenvalue weighted by Gasteiger charge is 2.38. The third-order valence-electron chi connectivity index (χ3n) is 2.86. The molecule has 1 heterocycles. The molecule has 0 saturated carbocycles. The molecule has 1 rings (SSSR count). The summed E-state index contributed by atoms with van der Waals surface area (Å²) in [4.78, 5) is 13.6. The Morgan fingerprint density at radius 3 is 2.60 bits per heavy atom. The summed E-state index contributed by atoms with van der Waals surface area (Å²) in [5, 5.41) is 2.91. The van der Waals surface area contributed by atoms with Crippen molar-refractivity contribution < 1.29 is 4.79 Å². The second-order valence-corrected chi connectivity index (χ2v) is 5.06. The van der Waals surface area contributed by atoms with Crippen LogP contribution in [0, 0.1) is 5.92 Å². The fourth-order valence-corrected chi connectivity index (χ4v) is 1.76. The maximum atomic E-state index is 11.5. The van der Waals surface area contributed by atoms with Gasteiger partial charge in [0, 0.05) is 25.2 Å². The van der Waals surface area contributed by atoms with Crippen LogP contribution in [0.5, 0.6) is 0 Å². The van der Waals surface area contributed by atoms with Gasteiger partial charge >= 0.3 is 0 Å². The molecular weight excluding hydrogens is 190 g/mol. The van der Waals surface area contributed by atoms with Crippen molar-refractivity contribution in [3.8, 4) is 0 Å². The van der Waals surface area contributed by atoms with E-state index >= 15 is 0 Å². The number of carbonyl (C=O) groups excluding carboxylic acids is 1. The van der Waals surface area contributed by atoms with E-state index in [0.717, 1.165) is 26.1 Å². The molecule has 1 amide bonds. The van der Waals surface area contributed by atoms with Crippen LogP contribution in [0.15, 0.2) is 0 Å². The Hall–Kier alpha value is -0.610. The van der Waals surface area contributed by atoms with Gasteiger partial charge in [-0.2, -0.15) is 0 Å². The Morgan fingerprint density at radius 1 is 1.53 bits per heavy atom. The van der Waals surface area contributed by atoms with Gasteiger partial charge in [-0.25, -0.2) is 0 Å². The van der Waals surface area contributed by atoms with Crippen molar-refractivity contribution in [2.75, 3.05) is 26.2 Å². The minimum atomic E-state index is -0.0433. The molecule has 88 valence electrons. The lowest BCUT2D eigenvalue weighted by molar-refractivity contribution is -0.124. The Labute approximate surface area is 92.2 Å². The van der Waals surface area contributed by atoms with Crippen molar-refractivity contribution in [3.05, 3.63) is 0 Å². The van der Waals surface area contributed by atoms with Crippen LogP contribution in [0.4, 0.5) is 0 Å². The summed E-state index contributed by atoms with van der Waals surface area (Å²) in [5.74, 6) is 0.622. The topological polar surface area (TPSA) is 58.4 Å². The molecule has 0 atom stereocenters. The van der Waals surface area contributed by atoms with Gasteiger partial charge in [0.1, 0.15) is 0 Å². The average Bonchev–Trinajstić information content (AvgIpc) is 2.12. The molecule has 3 N–H and O–H groups in total. The van der Waals surface area contributed by atoms with Crippen LogP contribution in [-0.4, -0.2) is 42.5 Å². The molecule has 1 aliphatic heterocycles. The Balaban J connectivity index is 2.14. The first-order valence-electron chi connectivity index (χ1n) is 5.73. The van der Waals surface area contributed by atoms with E-state index in [1.165, 1.54) is 0 Å². The van der Waals surface area contributed by atoms with Gasteiger partial charge in [0.25, 0.3) is 0 Å². The van der Waals surface area contributed by atoms with E-state index < -0.39 is 0 Å². The standard InChI is InChI=1S/C11H23N3O/c1-4-11(12)7-14(8-11)6-10(15)13-5-9(2)3/h9H,4-8,12H2,1-3H3,(H,13,15). The predicted molar refractivity (Wildman–Crippen MR) is 61.5 cm³/mol. The van der Waals surface area contributed by atoms with Gasteiger partial charge in [-0.1, -0.05) is 20.8 Å². The van der Waals surface area contributed by atoms with Crippen LogP contribution in [0.2, 0.25) is 0 Å². The molecular formula is C11H23N3O. The van der Waals surface area contributed by atoms with Gasteiger partial charge in [-0.3, -0.25) is 9.69 Å². The molecule has 15 heavy (non-hydrogen) atoms. The molecule has 0 bridgehead atoms. The van der Waals surface area contributed by atoms with Crippen LogP contribution in [0.3, 0.4) is 0 Å². The molecule has 4 heteroatoms. The zero-order chi connectivity index (χ0) is 11.5. The number of amides is 1. The van der Waals surface area contributed by atoms with Gasteiger partial charge in [-0.15, -0.1) is 0 Å². The number of hydrogen-bond donors (Lipinski definition) is 2. The summed E-state index contributed by atoms with van der Waals surface area (Å²) < 4.78 is 0. The summed E-state index contributed by atoms with van der Waals surface area (Å²) in [6.45, 7) is 9.21. The highest BCUT2D eigenvalue weighted by Crippen LogP contribution is 2.20. The molecule has 0 spiro atoms. The zero-order valence-electron chi connectivity index (χ0n) is 10.0. The molecule has 1 fully saturated rings. The maximum Gasteiger partial charge on any atom is 0.234 e. The van der Waals surface area contributed by atoms with Crippen molar-refractivity contribution in [2.24, 2.45) is 11.7 Å². The molecule has 0 aliphatic carbocycles. The van der Waals surface area contributed by atoms with E-state index in [4.69, 9.17) is 5.73 Å². The van der Waals surface area contributed by atoms with Crippen molar-refractivity contribution in [2.45, 2.75) is 32.7 Å². The first-order chi connectivity index (χ1) is 6.95. The average molecular weight is 213 g/mol. The van der Waals surface area contributed by atoms with Gasteiger partial charge in [0.05, 0.1) is 6.54 Å². The predicted octanol–water partition coefficient (Wildman–Crippen LogP) is 0.182. The number of nitrogens with two attached hydrogens (primary N) is 1. The van der Waals surface area contributed by atoms with Crippen LogP contribution in [0.1, 0.15) is 27.2 Å². The normalized spacial score (nSPS) is 20.1. The SMILES string of the molecule is CCC1(N)CN(CC(=O)NCC(C)C)C1. The van der Waals surface area contributed by atoms with Gasteiger partial charge in [0.15, 0.2) is 0 Å². The zero-order valence-corrected chi connectivity index (χ0v) is 10.0. The number of hydrogen-bond acceptors (Lipinski definition) is 3. The molecule has 1 saturated heterocycles. The maximum absolute atomic E-state index is 11.5. The first-order valence-corrected chi connectivity index (χ1v) is 5.73. The van der Waals surface area contributed by atoms with E-state index in [1.807, 2.05) is 0 Å². The van der Waals surface area contributed by atoms with Crippen molar-refractivity contribution in [1.82, 2.24) is 10.2 Å². The Morgan fingerprint density at radius 2 is 2.13 bits per heavy atom. The Kier molecular flexibility index (Phi) is 4.11. The third-order valence-corrected chi connectivity index (χ3v) is 2.86. The lowest BCUT2D eigenvalue weighted by atomic mass is 9.88. The number of nitrogens with zero attached hydrogens (tertiary/aromatic N) is 1. The summed E-state index contributed by atoms with van der Waals surface area (Å²) >= 11 is 0. The molecule has 0 radical (unpaired) electrons. The van der Waals surface area contributed by atoms with E-state index in [9.17, 15) is 4.79 Å². The van der Waals surface area contributed by atoms with Crippen LogP contribution < -0.4 is 11.1 Å². The van der Waals surface area contributed by atoms with Crippen LogP contribution >= 0.6 is 0 Å². The smallest absolute Gasteiger partial charge is 0.234 e. The minimum Gasteiger partial charge on any atom is -0.355 e. The second kappa shape index (κ2) is 4.94. The van der Waals surface area contributed by atoms with Crippen LogP contribution in [-0.2, 0) is 4.79 Å². The first kappa shape index (κ1) is 12.5. The molecule has 0 aromatic rings. The van der Waals surface area contributed by atoms with Crippen molar-refractivity contribution in [1.29, 1.82) is 0 Å². The van der Waals surface area contributed by atoms with Crippen molar-refractivity contribution in [3.63, 3.8) is 0 Å². The highest BCUT2D eigenvalue weighted by molar-refractivity contribution is 5.78. The fraction of sp³-hybridized carbons (Fsp3) is 0.909. The van der Waals surface area contributed by atoms with Crippen molar-refractivity contribution >= 4 is 5.91 Å². The summed E-state index contributed by atoms with van der Waals surface area (Å²) in [6, 6.07) is 0. The van der Waals surface area contributed by atoms with Gasteiger partial charge in [0.2, 0.25) is 5.91 Å². The van der Waals surface area contributed by atoms with Crippen LogP contribution in [0.25, 0.3) is 0 Å². The molecule has 0 unspecified atom stereocenters. The molecule has 4 nitrogen and oxygen atoms in total. The number of likely N-dealkylation sites (tertiary alicyclic amines) is 1. The van der Waals surface area contributed by atoms with E-state index in [0.29, 0.717) is 12.5 Å².